The fourth-order valence-corrected chi connectivity index (χ4v) is 6.84. The van der Waals surface area contributed by atoms with Gasteiger partial charge in [-0.15, -0.1) is 0 Å². The summed E-state index contributed by atoms with van der Waals surface area (Å²) < 4.78 is 5.33. The van der Waals surface area contributed by atoms with Gasteiger partial charge in [-0.25, -0.2) is 0 Å². The smallest absolute Gasteiger partial charge is 0.306 e. The van der Waals surface area contributed by atoms with Crippen molar-refractivity contribution in [3.05, 3.63) is 0 Å². The molecule has 0 aromatic rings. The number of rotatable bonds is 36. The highest BCUT2D eigenvalue weighted by molar-refractivity contribution is 7.99. The number of ether oxygens (including phenoxy) is 1. The molecule has 5 heteroatoms. The molecule has 0 aromatic heterocycles. The van der Waals surface area contributed by atoms with E-state index in [0.29, 0.717) is 13.0 Å². The molecule has 0 aliphatic heterocycles. The number of unbranched alkanes of at least 4 members (excludes halogenated alkanes) is 23. The van der Waals surface area contributed by atoms with Crippen LogP contribution in [0.3, 0.4) is 0 Å². The van der Waals surface area contributed by atoms with Gasteiger partial charge in [0.1, 0.15) is 0 Å². The molecule has 0 radical (unpaired) electrons. The summed E-state index contributed by atoms with van der Waals surface area (Å²) in [6, 6.07) is 0. The fourth-order valence-electron chi connectivity index (χ4n) is 5.82. The Bertz CT molecular complexity index is 582. The molecule has 0 aromatic carbocycles. The Balaban J connectivity index is 3.43. The maximum atomic E-state index is 11.8. The molecular formula is C38H74O4S. The number of carbonyl (C=O) groups is 2. The molecule has 0 spiro atoms. The van der Waals surface area contributed by atoms with Gasteiger partial charge in [-0.3, -0.25) is 9.59 Å². The molecule has 0 fully saturated rings. The monoisotopic (exact) mass is 627 g/mol. The van der Waals surface area contributed by atoms with E-state index in [4.69, 9.17) is 4.74 Å². The summed E-state index contributed by atoms with van der Waals surface area (Å²) in [5.74, 6) is 1.62. The Morgan fingerprint density at radius 1 is 0.512 bits per heavy atom. The van der Waals surface area contributed by atoms with Crippen LogP contribution >= 0.6 is 11.8 Å². The van der Waals surface area contributed by atoms with Crippen molar-refractivity contribution >= 4 is 23.7 Å². The molecule has 1 atom stereocenters. The second kappa shape index (κ2) is 35.8. The van der Waals surface area contributed by atoms with E-state index in [1.165, 1.54) is 146 Å². The maximum absolute atomic E-state index is 11.8. The van der Waals surface area contributed by atoms with E-state index in [2.05, 4.69) is 13.8 Å². The quantitative estimate of drug-likeness (QED) is 0.0553. The van der Waals surface area contributed by atoms with Gasteiger partial charge in [0.25, 0.3) is 0 Å². The zero-order valence-corrected chi connectivity index (χ0v) is 29.8. The van der Waals surface area contributed by atoms with Gasteiger partial charge in [0.05, 0.1) is 12.5 Å². The highest BCUT2D eigenvalue weighted by Crippen LogP contribution is 2.20. The molecule has 0 saturated heterocycles. The Morgan fingerprint density at radius 3 is 1.35 bits per heavy atom. The SMILES string of the molecule is CCCCCCCCCCCCCCCCCC(CCCCCSCCCCCCC(=O)OCCCCCCC)C(=O)O. The van der Waals surface area contributed by atoms with Crippen LogP contribution in [0.25, 0.3) is 0 Å². The number of aliphatic carboxylic acids is 1. The molecular weight excluding hydrogens is 552 g/mol. The van der Waals surface area contributed by atoms with E-state index < -0.39 is 5.97 Å². The summed E-state index contributed by atoms with van der Waals surface area (Å²) >= 11 is 2.03. The van der Waals surface area contributed by atoms with Crippen LogP contribution in [0.5, 0.6) is 0 Å². The largest absolute Gasteiger partial charge is 0.481 e. The number of hydrogen-bond acceptors (Lipinski definition) is 4. The van der Waals surface area contributed by atoms with Crippen LogP contribution in [0.1, 0.15) is 206 Å². The molecule has 0 heterocycles. The lowest BCUT2D eigenvalue weighted by Gasteiger charge is -2.12. The molecule has 0 amide bonds. The Hall–Kier alpha value is -0.710. The fraction of sp³-hybridized carbons (Fsp3) is 0.947. The van der Waals surface area contributed by atoms with Gasteiger partial charge in [-0.05, 0) is 50.0 Å². The predicted molar refractivity (Wildman–Crippen MR) is 189 cm³/mol. The molecule has 43 heavy (non-hydrogen) atoms. The minimum absolute atomic E-state index is 0.0233. The second-order valence-corrected chi connectivity index (χ2v) is 14.3. The van der Waals surface area contributed by atoms with Crippen molar-refractivity contribution in [3.8, 4) is 0 Å². The van der Waals surface area contributed by atoms with Gasteiger partial charge in [0.15, 0.2) is 0 Å². The van der Waals surface area contributed by atoms with Gasteiger partial charge in [-0.2, -0.15) is 11.8 Å². The van der Waals surface area contributed by atoms with Crippen molar-refractivity contribution in [2.75, 3.05) is 18.1 Å². The summed E-state index contributed by atoms with van der Waals surface area (Å²) in [5, 5.41) is 9.62. The Morgan fingerprint density at radius 2 is 0.884 bits per heavy atom. The van der Waals surface area contributed by atoms with Crippen LogP contribution < -0.4 is 0 Å². The van der Waals surface area contributed by atoms with Crippen LogP contribution in [0.2, 0.25) is 0 Å². The van der Waals surface area contributed by atoms with Gasteiger partial charge in [0.2, 0.25) is 0 Å². The summed E-state index contributed by atoms with van der Waals surface area (Å²) in [4.78, 5) is 23.5. The van der Waals surface area contributed by atoms with E-state index in [1.54, 1.807) is 0 Å². The lowest BCUT2D eigenvalue weighted by molar-refractivity contribution is -0.144. The number of carboxylic acid groups (broad SMARTS) is 1. The number of esters is 1. The number of hydrogen-bond donors (Lipinski definition) is 1. The molecule has 0 saturated carbocycles. The standard InChI is InChI=1S/C38H74O4S/c1-3-5-7-9-10-11-12-13-14-15-16-17-18-19-24-30-36(38(40)41)31-25-23-29-35-43-34-28-22-20-26-32-37(39)42-33-27-21-8-6-4-2/h36H,3-35H2,1-2H3,(H,40,41). The van der Waals surface area contributed by atoms with Crippen LogP contribution in [0.15, 0.2) is 0 Å². The third kappa shape index (κ3) is 34.0. The zero-order chi connectivity index (χ0) is 31.5. The maximum Gasteiger partial charge on any atom is 0.306 e. The molecule has 256 valence electrons. The molecule has 0 bridgehead atoms. The Kier molecular flexibility index (Phi) is 35.2. The molecule has 4 nitrogen and oxygen atoms in total. The Labute approximate surface area is 273 Å². The number of carbonyl (C=O) groups excluding carboxylic acids is 1. The van der Waals surface area contributed by atoms with Crippen LogP contribution in [0, 0.1) is 5.92 Å². The van der Waals surface area contributed by atoms with Crippen molar-refractivity contribution < 1.29 is 19.4 Å². The van der Waals surface area contributed by atoms with Gasteiger partial charge in [-0.1, -0.05) is 162 Å². The zero-order valence-electron chi connectivity index (χ0n) is 29.0. The summed E-state index contributed by atoms with van der Waals surface area (Å²) in [5.41, 5.74) is 0. The van der Waals surface area contributed by atoms with Crippen LogP contribution in [-0.2, 0) is 14.3 Å². The first-order valence-electron chi connectivity index (χ1n) is 19.1. The van der Waals surface area contributed by atoms with Crippen molar-refractivity contribution in [2.24, 2.45) is 5.92 Å². The van der Waals surface area contributed by atoms with Crippen molar-refractivity contribution in [3.63, 3.8) is 0 Å². The molecule has 0 aliphatic rings. The van der Waals surface area contributed by atoms with E-state index in [9.17, 15) is 14.7 Å². The predicted octanol–water partition coefficient (Wildman–Crippen LogP) is 12.7. The average molecular weight is 627 g/mol. The highest BCUT2D eigenvalue weighted by atomic mass is 32.2. The average Bonchev–Trinajstić information content (AvgIpc) is 3.00. The van der Waals surface area contributed by atoms with E-state index in [0.717, 1.165) is 51.4 Å². The summed E-state index contributed by atoms with van der Waals surface area (Å²) in [7, 11) is 0. The van der Waals surface area contributed by atoms with E-state index in [1.807, 2.05) is 11.8 Å². The minimum atomic E-state index is -0.588. The van der Waals surface area contributed by atoms with Gasteiger partial charge in [0, 0.05) is 6.42 Å². The first-order valence-corrected chi connectivity index (χ1v) is 20.2. The topological polar surface area (TPSA) is 63.6 Å². The van der Waals surface area contributed by atoms with Crippen molar-refractivity contribution in [2.45, 2.75) is 206 Å². The molecule has 0 aliphatic carbocycles. The van der Waals surface area contributed by atoms with Crippen LogP contribution in [-0.4, -0.2) is 35.2 Å². The summed E-state index contributed by atoms with van der Waals surface area (Å²) in [6.07, 6.45) is 36.3. The van der Waals surface area contributed by atoms with Gasteiger partial charge >= 0.3 is 11.9 Å². The van der Waals surface area contributed by atoms with Gasteiger partial charge < -0.3 is 9.84 Å². The lowest BCUT2D eigenvalue weighted by Crippen LogP contribution is -2.13. The van der Waals surface area contributed by atoms with E-state index >= 15 is 0 Å². The minimum Gasteiger partial charge on any atom is -0.481 e. The first-order chi connectivity index (χ1) is 21.1. The normalized spacial score (nSPS) is 12.0. The van der Waals surface area contributed by atoms with Crippen LogP contribution in [0.4, 0.5) is 0 Å². The van der Waals surface area contributed by atoms with E-state index in [-0.39, 0.29) is 11.9 Å². The number of carboxylic acids is 1. The summed E-state index contributed by atoms with van der Waals surface area (Å²) in [6.45, 7) is 5.08. The number of thioether (sulfide) groups is 1. The first kappa shape index (κ1) is 42.3. The molecule has 0 rings (SSSR count). The highest BCUT2D eigenvalue weighted by Gasteiger charge is 2.16. The second-order valence-electron chi connectivity index (χ2n) is 13.0. The third-order valence-electron chi connectivity index (χ3n) is 8.78. The van der Waals surface area contributed by atoms with Crippen molar-refractivity contribution in [1.29, 1.82) is 0 Å². The molecule has 1 unspecified atom stereocenters. The third-order valence-corrected chi connectivity index (χ3v) is 9.93. The molecule has 1 N–H and O–H groups in total. The lowest BCUT2D eigenvalue weighted by atomic mass is 9.94. The van der Waals surface area contributed by atoms with Crippen molar-refractivity contribution in [1.82, 2.24) is 0 Å².